The molecule has 0 spiro atoms. The van der Waals surface area contributed by atoms with Crippen molar-refractivity contribution >= 4 is 45.6 Å². The summed E-state index contributed by atoms with van der Waals surface area (Å²) in [5, 5.41) is 21.9. The predicted octanol–water partition coefficient (Wildman–Crippen LogP) is 3.48. The van der Waals surface area contributed by atoms with E-state index in [4.69, 9.17) is 0 Å². The molecule has 0 aliphatic carbocycles. The van der Waals surface area contributed by atoms with Crippen molar-refractivity contribution in [3.63, 3.8) is 0 Å². The average Bonchev–Trinajstić information content (AvgIpc) is 3.55. The van der Waals surface area contributed by atoms with Crippen molar-refractivity contribution in [1.29, 1.82) is 0 Å². The van der Waals surface area contributed by atoms with E-state index in [2.05, 4.69) is 9.97 Å². The SMILES string of the molecule is O=C(O)[C@H](Cc1c[nH]c2ccccc12)NC(=O)C(F)(F)C(F)(F)C(F)(F)C(=O)N[C@H](Cc1c[nH]c2ccccc12)C(=O)O. The van der Waals surface area contributed by atoms with E-state index in [0.717, 1.165) is 10.6 Å². The first-order valence-electron chi connectivity index (χ1n) is 12.4. The first kappa shape index (κ1) is 30.9. The van der Waals surface area contributed by atoms with Gasteiger partial charge in [-0.1, -0.05) is 36.4 Å². The number of benzene rings is 2. The number of halogens is 6. The molecule has 2 amide bonds. The molecule has 0 aliphatic heterocycles. The van der Waals surface area contributed by atoms with Gasteiger partial charge in [0.25, 0.3) is 11.8 Å². The van der Waals surface area contributed by atoms with Crippen LogP contribution in [0.2, 0.25) is 0 Å². The highest BCUT2D eigenvalue weighted by Gasteiger charge is 2.78. The first-order valence-corrected chi connectivity index (χ1v) is 12.4. The number of hydrogen-bond acceptors (Lipinski definition) is 4. The number of fused-ring (bicyclic) bond motifs is 2. The monoisotopic (exact) mass is 612 g/mol. The number of para-hydroxylation sites is 2. The summed E-state index contributed by atoms with van der Waals surface area (Å²) in [7, 11) is 0. The zero-order valence-corrected chi connectivity index (χ0v) is 21.6. The highest BCUT2D eigenvalue weighted by atomic mass is 19.3. The minimum atomic E-state index is -6.72. The molecule has 6 N–H and O–H groups in total. The van der Waals surface area contributed by atoms with Crippen LogP contribution in [0.1, 0.15) is 11.1 Å². The third kappa shape index (κ3) is 5.72. The number of alkyl halides is 6. The van der Waals surface area contributed by atoms with Crippen LogP contribution in [0.15, 0.2) is 60.9 Å². The van der Waals surface area contributed by atoms with Crippen LogP contribution in [-0.2, 0) is 32.0 Å². The number of carboxylic acid groups (broad SMARTS) is 2. The predicted molar refractivity (Wildman–Crippen MR) is 138 cm³/mol. The maximum atomic E-state index is 14.6. The van der Waals surface area contributed by atoms with E-state index in [1.807, 2.05) is 0 Å². The van der Waals surface area contributed by atoms with E-state index in [1.165, 1.54) is 24.5 Å². The van der Waals surface area contributed by atoms with E-state index in [1.54, 1.807) is 36.4 Å². The zero-order valence-electron chi connectivity index (χ0n) is 21.6. The van der Waals surface area contributed by atoms with Crippen molar-refractivity contribution in [1.82, 2.24) is 20.6 Å². The van der Waals surface area contributed by atoms with Gasteiger partial charge in [0.1, 0.15) is 12.1 Å². The van der Waals surface area contributed by atoms with Gasteiger partial charge in [-0.05, 0) is 23.3 Å². The summed E-state index contributed by atoms with van der Waals surface area (Å²) >= 11 is 0. The van der Waals surface area contributed by atoms with E-state index in [0.29, 0.717) is 21.8 Å². The van der Waals surface area contributed by atoms with Crippen LogP contribution in [0.3, 0.4) is 0 Å². The van der Waals surface area contributed by atoms with Crippen LogP contribution in [0, 0.1) is 0 Å². The van der Waals surface area contributed by atoms with Crippen LogP contribution in [0.25, 0.3) is 21.8 Å². The lowest BCUT2D eigenvalue weighted by Crippen LogP contribution is -2.67. The number of aromatic nitrogens is 2. The molecule has 2 atom stereocenters. The first-order chi connectivity index (χ1) is 20.1. The van der Waals surface area contributed by atoms with Crippen molar-refractivity contribution in [2.45, 2.75) is 42.7 Å². The molecule has 4 rings (SSSR count). The van der Waals surface area contributed by atoms with E-state index < -0.39 is 66.4 Å². The van der Waals surface area contributed by atoms with Gasteiger partial charge < -0.3 is 30.8 Å². The van der Waals surface area contributed by atoms with Crippen LogP contribution >= 0.6 is 0 Å². The van der Waals surface area contributed by atoms with Gasteiger partial charge in [-0.25, -0.2) is 9.59 Å². The second kappa shape index (κ2) is 11.3. The van der Waals surface area contributed by atoms with Gasteiger partial charge >= 0.3 is 29.7 Å². The Balaban J connectivity index is 1.51. The summed E-state index contributed by atoms with van der Waals surface area (Å²) in [4.78, 5) is 53.2. The third-order valence-corrected chi connectivity index (χ3v) is 6.76. The summed E-state index contributed by atoms with van der Waals surface area (Å²) in [6.07, 6.45) is 1.18. The number of nitrogens with one attached hydrogen (secondary N) is 4. The number of aromatic amines is 2. The molecule has 2 aromatic heterocycles. The number of H-pyrrole nitrogens is 2. The normalized spacial score (nSPS) is 13.9. The highest BCUT2D eigenvalue weighted by molar-refractivity contribution is 5.94. The van der Waals surface area contributed by atoms with Gasteiger partial charge in [0.2, 0.25) is 0 Å². The van der Waals surface area contributed by atoms with E-state index >= 15 is 0 Å². The average molecular weight is 612 g/mol. The van der Waals surface area contributed by atoms with Crippen molar-refractivity contribution in [3.8, 4) is 0 Å². The molecule has 0 unspecified atom stereocenters. The molecule has 0 aliphatic rings. The van der Waals surface area contributed by atoms with Crippen molar-refractivity contribution in [2.24, 2.45) is 0 Å². The van der Waals surface area contributed by atoms with Gasteiger partial charge in [0.05, 0.1) is 0 Å². The van der Waals surface area contributed by atoms with Crippen molar-refractivity contribution in [2.75, 3.05) is 0 Å². The number of carbonyl (C=O) groups is 4. The smallest absolute Gasteiger partial charge is 0.393 e. The number of carboxylic acids is 2. The summed E-state index contributed by atoms with van der Waals surface area (Å²) < 4.78 is 87.8. The molecule has 228 valence electrons. The number of hydrogen-bond donors (Lipinski definition) is 6. The quantitative estimate of drug-likeness (QED) is 0.134. The molecule has 16 heteroatoms. The lowest BCUT2D eigenvalue weighted by Gasteiger charge is -2.32. The molecule has 2 heterocycles. The Morgan fingerprint density at radius 1 is 0.651 bits per heavy atom. The van der Waals surface area contributed by atoms with Crippen molar-refractivity contribution < 1.29 is 55.7 Å². The number of rotatable bonds is 12. The number of carbonyl (C=O) groups excluding carboxylic acids is 2. The van der Waals surface area contributed by atoms with Gasteiger partial charge in [-0.3, -0.25) is 9.59 Å². The van der Waals surface area contributed by atoms with Gasteiger partial charge in [0, 0.05) is 47.0 Å². The fourth-order valence-electron chi connectivity index (χ4n) is 4.42. The van der Waals surface area contributed by atoms with E-state index in [-0.39, 0.29) is 11.1 Å². The summed E-state index contributed by atoms with van der Waals surface area (Å²) in [5.74, 6) is -29.4. The van der Waals surface area contributed by atoms with Crippen LogP contribution in [0.4, 0.5) is 26.3 Å². The van der Waals surface area contributed by atoms with Crippen LogP contribution in [0.5, 0.6) is 0 Å². The van der Waals surface area contributed by atoms with Crippen molar-refractivity contribution in [3.05, 3.63) is 72.1 Å². The molecule has 10 nitrogen and oxygen atoms in total. The maximum Gasteiger partial charge on any atom is 0.393 e. The fraction of sp³-hybridized carbons (Fsp3) is 0.259. The Bertz CT molecular complexity index is 1580. The molecule has 0 saturated carbocycles. The molecule has 2 aromatic carbocycles. The minimum Gasteiger partial charge on any atom is -0.480 e. The summed E-state index contributed by atoms with van der Waals surface area (Å²) in [6.45, 7) is 0. The van der Waals surface area contributed by atoms with Crippen LogP contribution in [-0.4, -0.2) is 73.8 Å². The number of aliphatic carboxylic acids is 2. The molecule has 4 aromatic rings. The lowest BCUT2D eigenvalue weighted by molar-refractivity contribution is -0.287. The maximum absolute atomic E-state index is 14.6. The minimum absolute atomic E-state index is 0.179. The second-order valence-corrected chi connectivity index (χ2v) is 9.58. The number of amides is 2. The zero-order chi connectivity index (χ0) is 31.7. The largest absolute Gasteiger partial charge is 0.480 e. The third-order valence-electron chi connectivity index (χ3n) is 6.76. The molecular weight excluding hydrogens is 590 g/mol. The molecule has 0 fully saturated rings. The lowest BCUT2D eigenvalue weighted by atomic mass is 10.00. The topological polar surface area (TPSA) is 164 Å². The van der Waals surface area contributed by atoms with E-state index in [9.17, 15) is 55.7 Å². The van der Waals surface area contributed by atoms with Crippen LogP contribution < -0.4 is 10.6 Å². The molecule has 43 heavy (non-hydrogen) atoms. The standard InChI is InChI=1S/C27H22F6N4O6/c28-25(29,23(42)36-19(21(38)39)9-13-11-34-17-7-3-1-5-15(13)17)27(32,33)26(30,31)24(43)37-20(22(40)41)10-14-12-35-18-8-4-2-6-16(14)18/h1-8,11-12,19-20,34-35H,9-10H2,(H,36,42)(H,37,43)(H,38,39)(H,40,41)/t19-,20+. The fourth-order valence-corrected chi connectivity index (χ4v) is 4.42. The summed E-state index contributed by atoms with van der Waals surface area (Å²) in [6, 6.07) is 8.06. The van der Waals surface area contributed by atoms with Gasteiger partial charge in [0.15, 0.2) is 0 Å². The van der Waals surface area contributed by atoms with Gasteiger partial charge in [-0.15, -0.1) is 0 Å². The Hall–Kier alpha value is -5.02. The molecule has 0 radical (unpaired) electrons. The summed E-state index contributed by atoms with van der Waals surface area (Å²) in [5.41, 5.74) is 1.36. The highest BCUT2D eigenvalue weighted by Crippen LogP contribution is 2.46. The Labute approximate surface area is 237 Å². The molecule has 0 bridgehead atoms. The Morgan fingerprint density at radius 2 is 1.00 bits per heavy atom. The second-order valence-electron chi connectivity index (χ2n) is 9.58. The Morgan fingerprint density at radius 3 is 1.35 bits per heavy atom. The molecule has 0 saturated heterocycles. The Kier molecular flexibility index (Phi) is 8.15. The molecular formula is C27H22F6N4O6. The van der Waals surface area contributed by atoms with Gasteiger partial charge in [-0.2, -0.15) is 26.3 Å².